The van der Waals surface area contributed by atoms with Crippen molar-refractivity contribution in [3.05, 3.63) is 54.7 Å². The standard InChI is InChI=1S/C21H19NO3/c1-3-25-16-9-6-14-10-18-19(12-22-21(18)23)20(17(14)11-16)13-4-7-15(24-2)8-5-13/h4-12,22-23H,3H2,1-2H3. The number of nitrogens with one attached hydrogen (secondary N) is 1. The molecule has 0 spiro atoms. The Balaban J connectivity index is 2.06. The number of rotatable bonds is 4. The molecule has 4 nitrogen and oxygen atoms in total. The topological polar surface area (TPSA) is 54.5 Å². The lowest BCUT2D eigenvalue weighted by molar-refractivity contribution is 0.341. The van der Waals surface area contributed by atoms with E-state index in [1.165, 1.54) is 0 Å². The van der Waals surface area contributed by atoms with E-state index in [0.29, 0.717) is 6.61 Å². The number of benzene rings is 3. The predicted molar refractivity (Wildman–Crippen MR) is 101 cm³/mol. The Hall–Kier alpha value is -3.14. The molecule has 2 N–H and O–H groups in total. The molecule has 1 heterocycles. The van der Waals surface area contributed by atoms with Crippen LogP contribution in [0.25, 0.3) is 32.7 Å². The molecule has 4 heteroatoms. The fraction of sp³-hybridized carbons (Fsp3) is 0.143. The maximum Gasteiger partial charge on any atom is 0.196 e. The summed E-state index contributed by atoms with van der Waals surface area (Å²) in [4.78, 5) is 2.92. The molecule has 0 saturated carbocycles. The van der Waals surface area contributed by atoms with Crippen LogP contribution in [0.2, 0.25) is 0 Å². The van der Waals surface area contributed by atoms with Gasteiger partial charge in [-0.25, -0.2) is 0 Å². The lowest BCUT2D eigenvalue weighted by Crippen LogP contribution is -1.92. The van der Waals surface area contributed by atoms with Crippen molar-refractivity contribution < 1.29 is 14.6 Å². The molecule has 0 atom stereocenters. The van der Waals surface area contributed by atoms with Crippen molar-refractivity contribution in [1.29, 1.82) is 0 Å². The highest BCUT2D eigenvalue weighted by Crippen LogP contribution is 2.40. The predicted octanol–water partition coefficient (Wildman–Crippen LogP) is 5.10. The van der Waals surface area contributed by atoms with E-state index >= 15 is 0 Å². The average molecular weight is 333 g/mol. The SMILES string of the molecule is CCOc1ccc2cc3c(O)[nH]cc3c(-c3ccc(OC)cc3)c2c1. The first-order valence-corrected chi connectivity index (χ1v) is 8.25. The van der Waals surface area contributed by atoms with Crippen LogP contribution in [0.3, 0.4) is 0 Å². The summed E-state index contributed by atoms with van der Waals surface area (Å²) in [6.45, 7) is 2.60. The summed E-state index contributed by atoms with van der Waals surface area (Å²) < 4.78 is 11.0. The van der Waals surface area contributed by atoms with E-state index < -0.39 is 0 Å². The summed E-state index contributed by atoms with van der Waals surface area (Å²) in [6, 6.07) is 16.0. The zero-order chi connectivity index (χ0) is 17.4. The first-order chi connectivity index (χ1) is 12.2. The first-order valence-electron chi connectivity index (χ1n) is 8.25. The highest BCUT2D eigenvalue weighted by atomic mass is 16.5. The number of hydrogen-bond donors (Lipinski definition) is 2. The van der Waals surface area contributed by atoms with Crippen molar-refractivity contribution in [2.75, 3.05) is 13.7 Å². The second kappa shape index (κ2) is 6.06. The first kappa shape index (κ1) is 15.4. The number of ether oxygens (including phenoxy) is 2. The Labute approximate surface area is 145 Å². The zero-order valence-corrected chi connectivity index (χ0v) is 14.2. The molecule has 0 aliphatic rings. The summed E-state index contributed by atoms with van der Waals surface area (Å²) in [5, 5.41) is 14.1. The van der Waals surface area contributed by atoms with Crippen molar-refractivity contribution in [3.63, 3.8) is 0 Å². The lowest BCUT2D eigenvalue weighted by Gasteiger charge is -2.12. The van der Waals surface area contributed by atoms with Gasteiger partial charge in [-0.1, -0.05) is 18.2 Å². The smallest absolute Gasteiger partial charge is 0.196 e. The molecule has 3 aromatic carbocycles. The molecule has 126 valence electrons. The molecule has 0 fully saturated rings. The van der Waals surface area contributed by atoms with E-state index in [9.17, 15) is 5.11 Å². The largest absolute Gasteiger partial charge is 0.497 e. The van der Waals surface area contributed by atoms with Crippen LogP contribution in [0.5, 0.6) is 17.4 Å². The number of methoxy groups -OCH3 is 1. The Morgan fingerprint density at radius 1 is 0.920 bits per heavy atom. The summed E-state index contributed by atoms with van der Waals surface area (Å²) in [6.07, 6.45) is 1.84. The molecule has 0 bridgehead atoms. The normalized spacial score (nSPS) is 11.1. The fourth-order valence-corrected chi connectivity index (χ4v) is 3.28. The Morgan fingerprint density at radius 2 is 1.68 bits per heavy atom. The van der Waals surface area contributed by atoms with E-state index in [0.717, 1.165) is 44.2 Å². The van der Waals surface area contributed by atoms with E-state index in [1.54, 1.807) is 7.11 Å². The minimum atomic E-state index is 0.181. The van der Waals surface area contributed by atoms with Crippen LogP contribution in [0.4, 0.5) is 0 Å². The molecule has 0 aliphatic heterocycles. The third-order valence-electron chi connectivity index (χ3n) is 4.45. The highest BCUT2D eigenvalue weighted by molar-refractivity contribution is 6.14. The molecule has 0 unspecified atom stereocenters. The van der Waals surface area contributed by atoms with Gasteiger partial charge in [0.1, 0.15) is 11.5 Å². The van der Waals surface area contributed by atoms with Gasteiger partial charge in [-0.3, -0.25) is 0 Å². The number of H-pyrrole nitrogens is 1. The fourth-order valence-electron chi connectivity index (χ4n) is 3.28. The molecule has 0 aliphatic carbocycles. The van der Waals surface area contributed by atoms with Crippen molar-refractivity contribution in [3.8, 4) is 28.5 Å². The van der Waals surface area contributed by atoms with Gasteiger partial charge in [0.15, 0.2) is 5.88 Å². The van der Waals surface area contributed by atoms with E-state index in [-0.39, 0.29) is 5.88 Å². The van der Waals surface area contributed by atoms with Gasteiger partial charge in [-0.15, -0.1) is 0 Å². The lowest BCUT2D eigenvalue weighted by atomic mass is 9.93. The second-order valence-corrected chi connectivity index (χ2v) is 5.89. The van der Waals surface area contributed by atoms with Gasteiger partial charge < -0.3 is 19.6 Å². The van der Waals surface area contributed by atoms with Gasteiger partial charge >= 0.3 is 0 Å². The van der Waals surface area contributed by atoms with Crippen LogP contribution >= 0.6 is 0 Å². The molecular formula is C21H19NO3. The van der Waals surface area contributed by atoms with Gasteiger partial charge in [0.25, 0.3) is 0 Å². The van der Waals surface area contributed by atoms with Gasteiger partial charge in [-0.05, 0) is 59.2 Å². The number of hydrogen-bond acceptors (Lipinski definition) is 3. The molecule has 0 amide bonds. The van der Waals surface area contributed by atoms with Crippen LogP contribution in [-0.4, -0.2) is 23.8 Å². The van der Waals surface area contributed by atoms with Crippen LogP contribution in [0, 0.1) is 0 Å². The second-order valence-electron chi connectivity index (χ2n) is 5.89. The van der Waals surface area contributed by atoms with Crippen LogP contribution in [0.15, 0.2) is 54.7 Å². The zero-order valence-electron chi connectivity index (χ0n) is 14.2. The van der Waals surface area contributed by atoms with E-state index in [2.05, 4.69) is 11.1 Å². The number of aromatic nitrogens is 1. The molecular weight excluding hydrogens is 314 g/mol. The molecule has 1 aromatic heterocycles. The number of aromatic amines is 1. The molecule has 4 aromatic rings. The molecule has 0 radical (unpaired) electrons. The van der Waals surface area contributed by atoms with Gasteiger partial charge in [0, 0.05) is 17.0 Å². The van der Waals surface area contributed by atoms with Crippen molar-refractivity contribution >= 4 is 21.5 Å². The average Bonchev–Trinajstić information content (AvgIpc) is 3.01. The minimum absolute atomic E-state index is 0.181. The van der Waals surface area contributed by atoms with Crippen molar-refractivity contribution in [1.82, 2.24) is 4.98 Å². The maximum atomic E-state index is 10.2. The van der Waals surface area contributed by atoms with Crippen molar-refractivity contribution in [2.45, 2.75) is 6.92 Å². The highest BCUT2D eigenvalue weighted by Gasteiger charge is 2.14. The molecule has 25 heavy (non-hydrogen) atoms. The quantitative estimate of drug-likeness (QED) is 0.546. The summed E-state index contributed by atoms with van der Waals surface area (Å²) in [5.41, 5.74) is 2.12. The summed E-state index contributed by atoms with van der Waals surface area (Å²) >= 11 is 0. The monoisotopic (exact) mass is 333 g/mol. The Morgan fingerprint density at radius 3 is 2.40 bits per heavy atom. The van der Waals surface area contributed by atoms with Crippen LogP contribution in [0.1, 0.15) is 6.92 Å². The van der Waals surface area contributed by atoms with Crippen molar-refractivity contribution in [2.24, 2.45) is 0 Å². The van der Waals surface area contributed by atoms with Gasteiger partial charge in [0.05, 0.1) is 13.7 Å². The van der Waals surface area contributed by atoms with Crippen LogP contribution in [-0.2, 0) is 0 Å². The van der Waals surface area contributed by atoms with E-state index in [1.807, 2.05) is 55.6 Å². The minimum Gasteiger partial charge on any atom is -0.497 e. The van der Waals surface area contributed by atoms with E-state index in [4.69, 9.17) is 9.47 Å². The number of aromatic hydroxyl groups is 1. The third-order valence-corrected chi connectivity index (χ3v) is 4.45. The summed E-state index contributed by atoms with van der Waals surface area (Å²) in [7, 11) is 1.66. The number of fused-ring (bicyclic) bond motifs is 2. The Bertz CT molecular complexity index is 1050. The van der Waals surface area contributed by atoms with Gasteiger partial charge in [-0.2, -0.15) is 0 Å². The maximum absolute atomic E-state index is 10.2. The van der Waals surface area contributed by atoms with Gasteiger partial charge in [0.2, 0.25) is 0 Å². The molecule has 4 rings (SSSR count). The third kappa shape index (κ3) is 2.56. The Kier molecular flexibility index (Phi) is 3.73. The summed E-state index contributed by atoms with van der Waals surface area (Å²) in [5.74, 6) is 1.83. The molecule has 0 saturated heterocycles. The van der Waals surface area contributed by atoms with Crippen LogP contribution < -0.4 is 9.47 Å².